The van der Waals surface area contributed by atoms with Crippen molar-refractivity contribution in [2.45, 2.75) is 84.3 Å². The minimum absolute atomic E-state index is 0.00649. The number of amides is 1. The smallest absolute Gasteiger partial charge is 0.266 e. The minimum Gasteiger partial charge on any atom is -0.353 e. The number of nitrogens with zero attached hydrogens (tertiary/aromatic N) is 1. The molecule has 0 bridgehead atoms. The molecular formula is C20H30N4O2. The normalized spacial score (nSPS) is 19.0. The average molecular weight is 358 g/mol. The van der Waals surface area contributed by atoms with Gasteiger partial charge in [0.2, 0.25) is 5.91 Å². The first-order valence-corrected chi connectivity index (χ1v) is 9.15. The number of nitrogens with one attached hydrogen (secondary N) is 3. The van der Waals surface area contributed by atoms with E-state index in [-0.39, 0.29) is 34.1 Å². The molecule has 1 saturated heterocycles. The molecule has 1 aromatic rings. The number of aryl methyl sites for hydroxylation is 1. The van der Waals surface area contributed by atoms with Crippen LogP contribution in [0.2, 0.25) is 0 Å². The van der Waals surface area contributed by atoms with Crippen molar-refractivity contribution < 1.29 is 4.79 Å². The number of nitriles is 1. The summed E-state index contributed by atoms with van der Waals surface area (Å²) >= 11 is 0. The predicted molar refractivity (Wildman–Crippen MR) is 102 cm³/mol. The van der Waals surface area contributed by atoms with Gasteiger partial charge in [-0.1, -0.05) is 0 Å². The fourth-order valence-electron chi connectivity index (χ4n) is 4.38. The molecule has 2 heterocycles. The van der Waals surface area contributed by atoms with Crippen molar-refractivity contribution in [3.8, 4) is 6.07 Å². The van der Waals surface area contributed by atoms with Gasteiger partial charge >= 0.3 is 0 Å². The first-order chi connectivity index (χ1) is 11.9. The summed E-state index contributed by atoms with van der Waals surface area (Å²) in [4.78, 5) is 27.0. The third-order valence-corrected chi connectivity index (χ3v) is 5.08. The van der Waals surface area contributed by atoms with Crippen LogP contribution in [0.4, 0.5) is 0 Å². The summed E-state index contributed by atoms with van der Waals surface area (Å²) in [7, 11) is 0. The van der Waals surface area contributed by atoms with E-state index in [2.05, 4.69) is 43.3 Å². The van der Waals surface area contributed by atoms with Crippen molar-refractivity contribution in [3.05, 3.63) is 32.7 Å². The fourth-order valence-corrected chi connectivity index (χ4v) is 4.38. The Morgan fingerprint density at radius 1 is 1.23 bits per heavy atom. The van der Waals surface area contributed by atoms with Gasteiger partial charge in [-0.05, 0) is 71.9 Å². The molecule has 1 aliphatic rings. The summed E-state index contributed by atoms with van der Waals surface area (Å²) in [6, 6.07) is 2.09. The highest BCUT2D eigenvalue weighted by Crippen LogP contribution is 2.28. The van der Waals surface area contributed by atoms with Gasteiger partial charge in [0.25, 0.3) is 5.56 Å². The summed E-state index contributed by atoms with van der Waals surface area (Å²) in [5, 5.41) is 15.9. The Bertz CT molecular complexity index is 783. The molecule has 1 aromatic heterocycles. The zero-order valence-electron chi connectivity index (χ0n) is 16.7. The molecule has 1 aliphatic heterocycles. The number of rotatable bonds is 4. The van der Waals surface area contributed by atoms with E-state index in [1.165, 1.54) is 0 Å². The summed E-state index contributed by atoms with van der Waals surface area (Å²) < 4.78 is 0. The van der Waals surface area contributed by atoms with E-state index in [4.69, 9.17) is 5.26 Å². The Hall–Kier alpha value is -2.13. The summed E-state index contributed by atoms with van der Waals surface area (Å²) in [6.07, 6.45) is 2.62. The molecule has 0 spiro atoms. The van der Waals surface area contributed by atoms with Crippen LogP contribution >= 0.6 is 0 Å². The van der Waals surface area contributed by atoms with Crippen molar-refractivity contribution in [3.63, 3.8) is 0 Å². The van der Waals surface area contributed by atoms with E-state index in [9.17, 15) is 9.59 Å². The molecule has 0 aromatic carbocycles. The second-order valence-electron chi connectivity index (χ2n) is 8.73. The highest BCUT2D eigenvalue weighted by atomic mass is 16.1. The SMILES string of the molecule is Cc1[nH]c(=O)c(C#N)c(C)c1CCC(=O)NC1CC(C)(C)NC(C)(C)C1. The van der Waals surface area contributed by atoms with E-state index in [0.717, 1.165) is 24.1 Å². The minimum atomic E-state index is -0.366. The average Bonchev–Trinajstić information content (AvgIpc) is 2.43. The second-order valence-corrected chi connectivity index (χ2v) is 8.73. The van der Waals surface area contributed by atoms with Crippen LogP contribution < -0.4 is 16.2 Å². The molecule has 6 nitrogen and oxygen atoms in total. The highest BCUT2D eigenvalue weighted by molar-refractivity contribution is 5.76. The topological polar surface area (TPSA) is 97.8 Å². The first-order valence-electron chi connectivity index (χ1n) is 9.15. The third-order valence-electron chi connectivity index (χ3n) is 5.08. The van der Waals surface area contributed by atoms with Crippen LogP contribution in [0.1, 0.15) is 69.3 Å². The molecule has 26 heavy (non-hydrogen) atoms. The van der Waals surface area contributed by atoms with Gasteiger partial charge in [0, 0.05) is 29.2 Å². The van der Waals surface area contributed by atoms with Gasteiger partial charge in [-0.2, -0.15) is 5.26 Å². The molecule has 0 unspecified atom stereocenters. The molecule has 0 saturated carbocycles. The van der Waals surface area contributed by atoms with Crippen molar-refractivity contribution >= 4 is 5.91 Å². The zero-order valence-corrected chi connectivity index (χ0v) is 16.7. The summed E-state index contributed by atoms with van der Waals surface area (Å²) in [6.45, 7) is 12.2. The van der Waals surface area contributed by atoms with E-state index >= 15 is 0 Å². The molecular weight excluding hydrogens is 328 g/mol. The lowest BCUT2D eigenvalue weighted by Crippen LogP contribution is -2.62. The Balaban J connectivity index is 2.04. The van der Waals surface area contributed by atoms with Crippen LogP contribution in [0.25, 0.3) is 0 Å². The fraction of sp³-hybridized carbons (Fsp3) is 0.650. The number of carbonyl (C=O) groups is 1. The monoisotopic (exact) mass is 358 g/mol. The number of carbonyl (C=O) groups excluding carboxylic acids is 1. The lowest BCUT2D eigenvalue weighted by molar-refractivity contribution is -0.122. The van der Waals surface area contributed by atoms with Crippen LogP contribution in [0, 0.1) is 25.2 Å². The Morgan fingerprint density at radius 3 is 2.35 bits per heavy atom. The third kappa shape index (κ3) is 4.73. The molecule has 0 aliphatic carbocycles. The maximum Gasteiger partial charge on any atom is 0.266 e. The standard InChI is InChI=1S/C20H30N4O2/c1-12-15(13(2)22-18(26)16(12)11-21)7-8-17(25)23-14-9-19(3,4)24-20(5,6)10-14/h14,24H,7-10H2,1-6H3,(H,22,26)(H,23,25). The quantitative estimate of drug-likeness (QED) is 0.769. The van der Waals surface area contributed by atoms with Gasteiger partial charge in [-0.25, -0.2) is 0 Å². The molecule has 1 fully saturated rings. The van der Waals surface area contributed by atoms with E-state index < -0.39 is 0 Å². The molecule has 0 radical (unpaired) electrons. The van der Waals surface area contributed by atoms with Crippen LogP contribution in [0.3, 0.4) is 0 Å². The number of H-pyrrole nitrogens is 1. The number of pyridine rings is 1. The molecule has 3 N–H and O–H groups in total. The number of aromatic nitrogens is 1. The van der Waals surface area contributed by atoms with Crippen molar-refractivity contribution in [2.24, 2.45) is 0 Å². The summed E-state index contributed by atoms with van der Waals surface area (Å²) in [5.41, 5.74) is 2.00. The van der Waals surface area contributed by atoms with Gasteiger partial charge in [-0.15, -0.1) is 0 Å². The van der Waals surface area contributed by atoms with Crippen LogP contribution in [0.15, 0.2) is 4.79 Å². The Kier molecular flexibility index (Phi) is 5.62. The molecule has 1 amide bonds. The Morgan fingerprint density at radius 2 is 1.81 bits per heavy atom. The molecule has 6 heteroatoms. The lowest BCUT2D eigenvalue weighted by Gasteiger charge is -2.46. The van der Waals surface area contributed by atoms with Gasteiger partial charge < -0.3 is 15.6 Å². The van der Waals surface area contributed by atoms with E-state index in [1.807, 2.05) is 6.07 Å². The van der Waals surface area contributed by atoms with Crippen molar-refractivity contribution in [1.29, 1.82) is 5.26 Å². The van der Waals surface area contributed by atoms with Gasteiger partial charge in [0.05, 0.1) is 0 Å². The predicted octanol–water partition coefficient (Wildman–Crippen LogP) is 2.22. The maximum atomic E-state index is 12.5. The van der Waals surface area contributed by atoms with E-state index in [0.29, 0.717) is 18.4 Å². The number of piperidine rings is 1. The van der Waals surface area contributed by atoms with Crippen molar-refractivity contribution in [1.82, 2.24) is 15.6 Å². The number of hydrogen-bond acceptors (Lipinski definition) is 4. The largest absolute Gasteiger partial charge is 0.353 e. The lowest BCUT2D eigenvalue weighted by atomic mass is 9.79. The zero-order chi connectivity index (χ0) is 19.7. The van der Waals surface area contributed by atoms with Gasteiger partial charge in [-0.3, -0.25) is 9.59 Å². The van der Waals surface area contributed by atoms with Gasteiger partial charge in [0.1, 0.15) is 11.6 Å². The van der Waals surface area contributed by atoms with Crippen molar-refractivity contribution in [2.75, 3.05) is 0 Å². The summed E-state index contributed by atoms with van der Waals surface area (Å²) in [5.74, 6) is 0.00649. The maximum absolute atomic E-state index is 12.5. The highest BCUT2D eigenvalue weighted by Gasteiger charge is 2.38. The first kappa shape index (κ1) is 20.2. The molecule has 142 valence electrons. The Labute approximate surface area is 155 Å². The molecule has 0 atom stereocenters. The van der Waals surface area contributed by atoms with E-state index in [1.54, 1.807) is 13.8 Å². The van der Waals surface area contributed by atoms with Crippen LogP contribution in [0.5, 0.6) is 0 Å². The second kappa shape index (κ2) is 7.24. The number of aromatic amines is 1. The van der Waals surface area contributed by atoms with Crippen LogP contribution in [-0.2, 0) is 11.2 Å². The number of hydrogen-bond donors (Lipinski definition) is 3. The van der Waals surface area contributed by atoms with Gasteiger partial charge in [0.15, 0.2) is 0 Å². The van der Waals surface area contributed by atoms with Crippen LogP contribution in [-0.4, -0.2) is 28.0 Å². The molecule has 2 rings (SSSR count).